The maximum absolute atomic E-state index is 11.8. The maximum Gasteiger partial charge on any atom is 0.339 e. The Labute approximate surface area is 143 Å². The van der Waals surface area contributed by atoms with Crippen molar-refractivity contribution in [1.82, 2.24) is 4.98 Å². The van der Waals surface area contributed by atoms with Crippen molar-refractivity contribution in [3.8, 4) is 0 Å². The summed E-state index contributed by atoms with van der Waals surface area (Å²) >= 11 is 0. The summed E-state index contributed by atoms with van der Waals surface area (Å²) in [6.07, 6.45) is 12.0. The Balaban J connectivity index is 0.00000484. The van der Waals surface area contributed by atoms with E-state index in [1.165, 1.54) is 50.6 Å². The fourth-order valence-electron chi connectivity index (χ4n) is 2.15. The number of carbonyl (C=O) groups is 2. The molecule has 0 saturated carbocycles. The highest BCUT2D eigenvalue weighted by Crippen LogP contribution is 2.09. The number of halogens is 1. The normalized spacial score (nSPS) is 9.96. The summed E-state index contributed by atoms with van der Waals surface area (Å²) in [5.74, 6) is -1.62. The molecule has 0 aliphatic rings. The van der Waals surface area contributed by atoms with Gasteiger partial charge in [-0.15, -0.1) is 12.4 Å². The van der Waals surface area contributed by atoms with Crippen LogP contribution in [0.1, 0.15) is 79.0 Å². The molecule has 1 aromatic rings. The molecule has 0 aromatic carbocycles. The number of hydrogen-bond acceptors (Lipinski definition) is 4. The van der Waals surface area contributed by atoms with Gasteiger partial charge in [0.1, 0.15) is 0 Å². The van der Waals surface area contributed by atoms with Crippen LogP contribution in [0.25, 0.3) is 0 Å². The van der Waals surface area contributed by atoms with E-state index >= 15 is 0 Å². The lowest BCUT2D eigenvalue weighted by Gasteiger charge is -2.05. The summed E-state index contributed by atoms with van der Waals surface area (Å²) in [6.45, 7) is 2.57. The lowest BCUT2D eigenvalue weighted by molar-refractivity contribution is 0.0497. The molecule has 1 N–H and O–H groups in total. The Hall–Kier alpha value is -1.62. The second-order valence-corrected chi connectivity index (χ2v) is 5.38. The highest BCUT2D eigenvalue weighted by molar-refractivity contribution is 5.93. The highest BCUT2D eigenvalue weighted by Gasteiger charge is 2.11. The number of carboxylic acids is 1. The number of carboxylic acid groups (broad SMARTS) is 1. The maximum atomic E-state index is 11.8. The van der Waals surface area contributed by atoms with E-state index < -0.39 is 11.9 Å². The van der Waals surface area contributed by atoms with Crippen molar-refractivity contribution >= 4 is 24.3 Å². The molecule has 23 heavy (non-hydrogen) atoms. The average Bonchev–Trinajstić information content (AvgIpc) is 2.53. The van der Waals surface area contributed by atoms with Crippen LogP contribution >= 0.6 is 12.4 Å². The lowest BCUT2D eigenvalue weighted by atomic mass is 10.1. The number of hydrogen-bond donors (Lipinski definition) is 1. The molecule has 1 aromatic heterocycles. The number of esters is 1. The van der Waals surface area contributed by atoms with E-state index in [1.54, 1.807) is 0 Å². The fraction of sp³-hybridized carbons (Fsp3) is 0.588. The Kier molecular flexibility index (Phi) is 12.0. The standard InChI is InChI=1S/C17H25NO4.ClH/c1-2-3-4-5-6-7-8-9-10-22-17(21)15-11-14(16(19)20)12-18-13-15;/h11-13H,2-10H2,1H3,(H,19,20);1H. The summed E-state index contributed by atoms with van der Waals surface area (Å²) in [7, 11) is 0. The molecule has 5 nitrogen and oxygen atoms in total. The van der Waals surface area contributed by atoms with E-state index in [9.17, 15) is 9.59 Å². The Bertz CT molecular complexity index is 479. The smallest absolute Gasteiger partial charge is 0.339 e. The zero-order valence-electron chi connectivity index (χ0n) is 13.6. The average molecular weight is 344 g/mol. The van der Waals surface area contributed by atoms with Crippen LogP contribution in [0.15, 0.2) is 18.5 Å². The summed E-state index contributed by atoms with van der Waals surface area (Å²) in [4.78, 5) is 26.3. The first-order valence-electron chi connectivity index (χ1n) is 8.00. The van der Waals surface area contributed by atoms with Gasteiger partial charge in [-0.3, -0.25) is 4.98 Å². The predicted octanol–water partition coefficient (Wildman–Crippen LogP) is 4.50. The molecular formula is C17H26ClNO4. The zero-order chi connectivity index (χ0) is 16.2. The van der Waals surface area contributed by atoms with Crippen molar-refractivity contribution in [2.24, 2.45) is 0 Å². The number of carbonyl (C=O) groups excluding carboxylic acids is 1. The van der Waals surface area contributed by atoms with Gasteiger partial charge in [0, 0.05) is 12.4 Å². The van der Waals surface area contributed by atoms with Crippen LogP contribution in [-0.2, 0) is 4.74 Å². The van der Waals surface area contributed by atoms with Gasteiger partial charge in [-0.1, -0.05) is 51.9 Å². The highest BCUT2D eigenvalue weighted by atomic mass is 35.5. The van der Waals surface area contributed by atoms with Gasteiger partial charge in [-0.05, 0) is 12.5 Å². The number of rotatable bonds is 11. The van der Waals surface area contributed by atoms with Crippen LogP contribution in [0.4, 0.5) is 0 Å². The first kappa shape index (κ1) is 21.4. The van der Waals surface area contributed by atoms with Crippen molar-refractivity contribution in [2.45, 2.75) is 58.3 Å². The molecule has 0 amide bonds. The second-order valence-electron chi connectivity index (χ2n) is 5.38. The summed E-state index contributed by atoms with van der Waals surface area (Å²) in [5, 5.41) is 8.85. The minimum Gasteiger partial charge on any atom is -0.478 e. The van der Waals surface area contributed by atoms with Crippen molar-refractivity contribution < 1.29 is 19.4 Å². The zero-order valence-corrected chi connectivity index (χ0v) is 14.4. The molecule has 0 atom stereocenters. The van der Waals surface area contributed by atoms with E-state index in [4.69, 9.17) is 9.84 Å². The third-order valence-corrected chi connectivity index (χ3v) is 3.45. The number of pyridine rings is 1. The quantitative estimate of drug-likeness (QED) is 0.473. The molecule has 6 heteroatoms. The van der Waals surface area contributed by atoms with Crippen molar-refractivity contribution in [1.29, 1.82) is 0 Å². The van der Waals surface area contributed by atoms with Crippen molar-refractivity contribution in [2.75, 3.05) is 6.61 Å². The summed E-state index contributed by atoms with van der Waals surface area (Å²) in [6, 6.07) is 1.28. The lowest BCUT2D eigenvalue weighted by Crippen LogP contribution is -2.08. The number of aromatic carboxylic acids is 1. The molecule has 0 aliphatic carbocycles. The number of aromatic nitrogens is 1. The van der Waals surface area contributed by atoms with Gasteiger partial charge >= 0.3 is 11.9 Å². The predicted molar refractivity (Wildman–Crippen MR) is 91.3 cm³/mol. The third kappa shape index (κ3) is 9.18. The first-order valence-corrected chi connectivity index (χ1v) is 8.00. The van der Waals surface area contributed by atoms with Gasteiger partial charge in [0.05, 0.1) is 17.7 Å². The molecule has 1 heterocycles. The van der Waals surface area contributed by atoms with E-state index in [0.717, 1.165) is 19.3 Å². The molecule has 0 spiro atoms. The Morgan fingerprint density at radius 1 is 1.00 bits per heavy atom. The van der Waals surface area contributed by atoms with E-state index in [0.29, 0.717) is 6.61 Å². The minimum absolute atomic E-state index is 0. The molecule has 0 radical (unpaired) electrons. The number of nitrogens with zero attached hydrogens (tertiary/aromatic N) is 1. The van der Waals surface area contributed by atoms with Crippen LogP contribution in [0, 0.1) is 0 Å². The Morgan fingerprint density at radius 3 is 2.17 bits per heavy atom. The van der Waals surface area contributed by atoms with E-state index in [1.807, 2.05) is 0 Å². The molecular weight excluding hydrogens is 318 g/mol. The molecule has 1 rings (SSSR count). The van der Waals surface area contributed by atoms with Gasteiger partial charge in [-0.2, -0.15) is 0 Å². The van der Waals surface area contributed by atoms with E-state index in [-0.39, 0.29) is 23.5 Å². The van der Waals surface area contributed by atoms with E-state index in [2.05, 4.69) is 11.9 Å². The minimum atomic E-state index is -1.11. The largest absolute Gasteiger partial charge is 0.478 e. The molecule has 130 valence electrons. The SMILES string of the molecule is CCCCCCCCCCOC(=O)c1cncc(C(=O)O)c1.Cl. The second kappa shape index (κ2) is 12.9. The van der Waals surface area contributed by atoms with Crippen LogP contribution in [0.3, 0.4) is 0 Å². The van der Waals surface area contributed by atoms with Crippen LogP contribution in [0.5, 0.6) is 0 Å². The fourth-order valence-corrected chi connectivity index (χ4v) is 2.15. The monoisotopic (exact) mass is 343 g/mol. The van der Waals surface area contributed by atoms with Gasteiger partial charge < -0.3 is 9.84 Å². The summed E-state index contributed by atoms with van der Waals surface area (Å²) in [5.41, 5.74) is 0.168. The van der Waals surface area contributed by atoms with Gasteiger partial charge in [0.25, 0.3) is 0 Å². The number of unbranched alkanes of at least 4 members (excludes halogenated alkanes) is 7. The topological polar surface area (TPSA) is 76.5 Å². The molecule has 0 fully saturated rings. The van der Waals surface area contributed by atoms with Crippen LogP contribution in [-0.4, -0.2) is 28.6 Å². The van der Waals surface area contributed by atoms with Gasteiger partial charge in [0.15, 0.2) is 0 Å². The third-order valence-electron chi connectivity index (χ3n) is 3.45. The number of ether oxygens (including phenoxy) is 1. The molecule has 0 aliphatic heterocycles. The van der Waals surface area contributed by atoms with Gasteiger partial charge in [0.2, 0.25) is 0 Å². The molecule has 0 saturated heterocycles. The van der Waals surface area contributed by atoms with Crippen LogP contribution < -0.4 is 0 Å². The summed E-state index contributed by atoms with van der Waals surface area (Å²) < 4.78 is 5.14. The molecule has 0 bridgehead atoms. The van der Waals surface area contributed by atoms with Crippen LogP contribution in [0.2, 0.25) is 0 Å². The van der Waals surface area contributed by atoms with Crippen molar-refractivity contribution in [3.05, 3.63) is 29.6 Å². The van der Waals surface area contributed by atoms with Crippen molar-refractivity contribution in [3.63, 3.8) is 0 Å². The Morgan fingerprint density at radius 2 is 1.57 bits per heavy atom. The van der Waals surface area contributed by atoms with Gasteiger partial charge in [-0.25, -0.2) is 9.59 Å². The first-order chi connectivity index (χ1) is 10.6. The molecule has 0 unspecified atom stereocenters.